The number of benzene rings is 1. The summed E-state index contributed by atoms with van der Waals surface area (Å²) >= 11 is 8.52. The summed E-state index contributed by atoms with van der Waals surface area (Å²) in [6.45, 7) is 0. The lowest BCUT2D eigenvalue weighted by molar-refractivity contribution is 0.528. The number of nitrogens with two attached hydrogens (primary N) is 1. The first-order chi connectivity index (χ1) is 8.63. The highest BCUT2D eigenvalue weighted by atomic mass is 79.9. The van der Waals surface area contributed by atoms with Crippen LogP contribution in [0.2, 0.25) is 0 Å². The molecule has 0 bridgehead atoms. The third-order valence-corrected chi connectivity index (χ3v) is 4.90. The number of rotatable bonds is 2. The summed E-state index contributed by atoms with van der Waals surface area (Å²) in [6.07, 6.45) is 0. The maximum Gasteiger partial charge on any atom is 0.134 e. The van der Waals surface area contributed by atoms with Crippen LogP contribution in [0.5, 0.6) is 0 Å². The highest BCUT2D eigenvalue weighted by molar-refractivity contribution is 9.11. The van der Waals surface area contributed by atoms with Gasteiger partial charge in [0.05, 0.1) is 9.83 Å². The average Bonchev–Trinajstić information content (AvgIpc) is 2.93. The van der Waals surface area contributed by atoms with Gasteiger partial charge in [0.25, 0.3) is 0 Å². The summed E-state index contributed by atoms with van der Waals surface area (Å²) in [5.41, 5.74) is 7.08. The summed E-state index contributed by atoms with van der Waals surface area (Å²) in [5.74, 6) is 0.789. The molecule has 0 fully saturated rings. The van der Waals surface area contributed by atoms with Crippen LogP contribution in [0.1, 0.15) is 16.7 Å². The van der Waals surface area contributed by atoms with E-state index in [0.29, 0.717) is 0 Å². The number of furan rings is 1. The quantitative estimate of drug-likeness (QED) is 0.667. The van der Waals surface area contributed by atoms with E-state index in [4.69, 9.17) is 10.2 Å². The molecule has 0 aliphatic carbocycles. The first kappa shape index (κ1) is 12.4. The monoisotopic (exact) mass is 385 g/mol. The largest absolute Gasteiger partial charge is 0.459 e. The maximum absolute atomic E-state index is 6.22. The van der Waals surface area contributed by atoms with Gasteiger partial charge in [-0.1, -0.05) is 15.9 Å². The molecule has 92 valence electrons. The SMILES string of the molecule is NC(c1cc2cc(Br)ccc2o1)c1ccc(Br)s1. The van der Waals surface area contributed by atoms with Gasteiger partial charge in [0, 0.05) is 14.7 Å². The molecule has 2 N–H and O–H groups in total. The van der Waals surface area contributed by atoms with Gasteiger partial charge in [0.2, 0.25) is 0 Å². The van der Waals surface area contributed by atoms with Crippen LogP contribution in [0.25, 0.3) is 11.0 Å². The lowest BCUT2D eigenvalue weighted by Crippen LogP contribution is -2.08. The summed E-state index contributed by atoms with van der Waals surface area (Å²) in [5, 5.41) is 1.06. The van der Waals surface area contributed by atoms with Crippen LogP contribution < -0.4 is 5.73 Å². The minimum Gasteiger partial charge on any atom is -0.459 e. The molecule has 0 saturated carbocycles. The molecule has 3 rings (SSSR count). The van der Waals surface area contributed by atoms with Gasteiger partial charge in [0.1, 0.15) is 11.3 Å². The molecule has 0 aliphatic rings. The molecule has 2 heterocycles. The summed E-state index contributed by atoms with van der Waals surface area (Å²) < 4.78 is 7.91. The zero-order chi connectivity index (χ0) is 12.7. The number of halogens is 2. The topological polar surface area (TPSA) is 39.2 Å². The Kier molecular flexibility index (Phi) is 3.32. The van der Waals surface area contributed by atoms with Gasteiger partial charge in [-0.05, 0) is 52.3 Å². The second-order valence-electron chi connectivity index (χ2n) is 3.95. The first-order valence-corrected chi connectivity index (χ1v) is 7.73. The van der Waals surface area contributed by atoms with Crippen molar-refractivity contribution in [2.24, 2.45) is 5.73 Å². The van der Waals surface area contributed by atoms with Gasteiger partial charge in [-0.3, -0.25) is 0 Å². The van der Waals surface area contributed by atoms with Crippen molar-refractivity contribution < 1.29 is 4.42 Å². The zero-order valence-electron chi connectivity index (χ0n) is 9.19. The molecule has 2 nitrogen and oxygen atoms in total. The Morgan fingerprint density at radius 3 is 2.67 bits per heavy atom. The minimum absolute atomic E-state index is 0.215. The predicted octanol–water partition coefficient (Wildman–Crippen LogP) is 5.07. The van der Waals surface area contributed by atoms with Gasteiger partial charge in [-0.15, -0.1) is 11.3 Å². The Hall–Kier alpha value is -0.620. The summed E-state index contributed by atoms with van der Waals surface area (Å²) in [4.78, 5) is 1.08. The fourth-order valence-electron chi connectivity index (χ4n) is 1.82. The van der Waals surface area contributed by atoms with Gasteiger partial charge in [-0.2, -0.15) is 0 Å². The Morgan fingerprint density at radius 1 is 1.11 bits per heavy atom. The standard InChI is InChI=1S/C13H9Br2NOS/c14-8-1-2-9-7(5-8)6-10(17-9)13(16)11-3-4-12(15)18-11/h1-6,13H,16H2. The van der Waals surface area contributed by atoms with Crippen LogP contribution in [-0.4, -0.2) is 0 Å². The molecule has 3 aromatic rings. The first-order valence-electron chi connectivity index (χ1n) is 5.33. The average molecular weight is 387 g/mol. The smallest absolute Gasteiger partial charge is 0.134 e. The fraction of sp³-hybridized carbons (Fsp3) is 0.0769. The van der Waals surface area contributed by atoms with Crippen molar-refractivity contribution >= 4 is 54.2 Å². The highest BCUT2D eigenvalue weighted by Crippen LogP contribution is 2.33. The number of hydrogen-bond acceptors (Lipinski definition) is 3. The van der Waals surface area contributed by atoms with Crippen LogP contribution in [0.3, 0.4) is 0 Å². The van der Waals surface area contributed by atoms with Gasteiger partial charge in [0.15, 0.2) is 0 Å². The molecule has 0 spiro atoms. The second-order valence-corrected chi connectivity index (χ2v) is 7.36. The normalized spacial score (nSPS) is 13.1. The second kappa shape index (κ2) is 4.81. The lowest BCUT2D eigenvalue weighted by atomic mass is 10.2. The zero-order valence-corrected chi connectivity index (χ0v) is 13.2. The van der Waals surface area contributed by atoms with Crippen LogP contribution in [-0.2, 0) is 0 Å². The van der Waals surface area contributed by atoms with Crippen molar-refractivity contribution in [3.63, 3.8) is 0 Å². The van der Waals surface area contributed by atoms with E-state index < -0.39 is 0 Å². The fourth-order valence-corrected chi connectivity index (χ4v) is 3.64. The van der Waals surface area contributed by atoms with Gasteiger partial charge < -0.3 is 10.2 Å². The van der Waals surface area contributed by atoms with Crippen molar-refractivity contribution in [2.45, 2.75) is 6.04 Å². The van der Waals surface area contributed by atoms with Crippen LogP contribution in [0.4, 0.5) is 0 Å². The third kappa shape index (κ3) is 2.28. The van der Waals surface area contributed by atoms with Crippen molar-refractivity contribution in [3.8, 4) is 0 Å². The number of fused-ring (bicyclic) bond motifs is 1. The molecule has 0 saturated heterocycles. The van der Waals surface area contributed by atoms with E-state index in [-0.39, 0.29) is 6.04 Å². The van der Waals surface area contributed by atoms with E-state index >= 15 is 0 Å². The van der Waals surface area contributed by atoms with E-state index in [1.54, 1.807) is 11.3 Å². The molecule has 2 aromatic heterocycles. The van der Waals surface area contributed by atoms with Crippen LogP contribution in [0.15, 0.2) is 49.1 Å². The minimum atomic E-state index is -0.215. The Bertz CT molecular complexity index is 704. The Labute approximate surface area is 125 Å². The number of thiophene rings is 1. The molecule has 0 radical (unpaired) electrons. The maximum atomic E-state index is 6.22. The van der Waals surface area contributed by atoms with Crippen molar-refractivity contribution in [1.82, 2.24) is 0 Å². The molecule has 1 unspecified atom stereocenters. The van der Waals surface area contributed by atoms with E-state index in [2.05, 4.69) is 31.9 Å². The Morgan fingerprint density at radius 2 is 1.94 bits per heavy atom. The molecule has 18 heavy (non-hydrogen) atoms. The molecule has 0 aliphatic heterocycles. The molecule has 1 aromatic carbocycles. The van der Waals surface area contributed by atoms with Gasteiger partial charge in [-0.25, -0.2) is 0 Å². The van der Waals surface area contributed by atoms with E-state index in [9.17, 15) is 0 Å². The van der Waals surface area contributed by atoms with Crippen molar-refractivity contribution in [1.29, 1.82) is 0 Å². The lowest BCUT2D eigenvalue weighted by Gasteiger charge is -2.04. The van der Waals surface area contributed by atoms with E-state index in [0.717, 1.165) is 29.9 Å². The molecule has 0 amide bonds. The van der Waals surface area contributed by atoms with Crippen molar-refractivity contribution in [2.75, 3.05) is 0 Å². The third-order valence-electron chi connectivity index (χ3n) is 2.70. The van der Waals surface area contributed by atoms with Gasteiger partial charge >= 0.3 is 0 Å². The Balaban J connectivity index is 2.03. The molecule has 5 heteroatoms. The summed E-state index contributed by atoms with van der Waals surface area (Å²) in [7, 11) is 0. The predicted molar refractivity (Wildman–Crippen MR) is 82.0 cm³/mol. The molecular weight excluding hydrogens is 378 g/mol. The highest BCUT2D eigenvalue weighted by Gasteiger charge is 2.16. The summed E-state index contributed by atoms with van der Waals surface area (Å²) in [6, 6.07) is 11.7. The van der Waals surface area contributed by atoms with Crippen molar-refractivity contribution in [3.05, 3.63) is 55.3 Å². The van der Waals surface area contributed by atoms with E-state index in [1.807, 2.05) is 36.4 Å². The molecular formula is C13H9Br2NOS. The van der Waals surface area contributed by atoms with Crippen LogP contribution >= 0.6 is 43.2 Å². The van der Waals surface area contributed by atoms with Crippen LogP contribution in [0, 0.1) is 0 Å². The number of hydrogen-bond donors (Lipinski definition) is 1. The molecule has 1 atom stereocenters. The van der Waals surface area contributed by atoms with E-state index in [1.165, 1.54) is 0 Å².